The molecule has 12 nitrogen and oxygen atoms in total. The molecule has 2 aliphatic rings. The number of amides is 2. The molecule has 4 N–H and O–H groups in total. The zero-order chi connectivity index (χ0) is 30.2. The lowest BCUT2D eigenvalue weighted by Gasteiger charge is -2.31. The predicted molar refractivity (Wildman–Crippen MR) is 160 cm³/mol. The number of nitrogens with zero attached hydrogens (tertiary/aromatic N) is 5. The smallest absolute Gasteiger partial charge is 0.319 e. The molecule has 4 atom stereocenters. The van der Waals surface area contributed by atoms with Crippen molar-refractivity contribution in [2.75, 3.05) is 30.7 Å². The largest absolute Gasteiger partial charge is 0.381 e. The van der Waals surface area contributed by atoms with Crippen LogP contribution in [-0.2, 0) is 19.6 Å². The van der Waals surface area contributed by atoms with Crippen LogP contribution in [0, 0.1) is 0 Å². The highest BCUT2D eigenvalue weighted by Crippen LogP contribution is 2.45. The number of nitrogens with two attached hydrogens (primary N) is 1. The topological polar surface area (TPSA) is 141 Å². The Bertz CT molecular complexity index is 1380. The Balaban J connectivity index is 1.18. The van der Waals surface area contributed by atoms with Gasteiger partial charge in [0, 0.05) is 31.4 Å². The van der Waals surface area contributed by atoms with Crippen LogP contribution in [0.4, 0.5) is 16.3 Å². The fourth-order valence-electron chi connectivity index (χ4n) is 5.62. The van der Waals surface area contributed by atoms with E-state index in [1.807, 2.05) is 26.0 Å². The number of hydrogen-bond acceptors (Lipinski definition) is 9. The maximum absolute atomic E-state index is 12.5. The van der Waals surface area contributed by atoms with Gasteiger partial charge >= 0.3 is 6.03 Å². The van der Waals surface area contributed by atoms with E-state index in [9.17, 15) is 4.79 Å². The standard InChI is InChI=1S/C30H44N8O4/c1-18(2)37(14-8-13-32-28(39)36-20-11-9-19(10-12-20)29(3,4)5)16-22-24-25(42-30(6,7)41-24)23(40-22)21-15-33-27-26(31)34-17-35-38(21)27/h9-12,15,17-18,22-25H,8,13-14,16H2,1-7H3,(H2,31,34,35)(H2,32,36,39). The molecule has 2 fully saturated rings. The van der Waals surface area contributed by atoms with Crippen LogP contribution in [0.5, 0.6) is 0 Å². The van der Waals surface area contributed by atoms with Gasteiger partial charge in [0.25, 0.3) is 0 Å². The Labute approximate surface area is 247 Å². The average molecular weight is 581 g/mol. The molecule has 4 heterocycles. The van der Waals surface area contributed by atoms with Crippen LogP contribution in [0.15, 0.2) is 36.8 Å². The van der Waals surface area contributed by atoms with Gasteiger partial charge in [0.2, 0.25) is 0 Å². The van der Waals surface area contributed by atoms with E-state index in [0.29, 0.717) is 24.6 Å². The number of nitrogen functional groups attached to an aromatic ring is 1. The van der Waals surface area contributed by atoms with Crippen molar-refractivity contribution < 1.29 is 19.0 Å². The zero-order valence-corrected chi connectivity index (χ0v) is 25.6. The number of hydrogen-bond donors (Lipinski definition) is 3. The molecule has 4 unspecified atom stereocenters. The third kappa shape index (κ3) is 6.51. The van der Waals surface area contributed by atoms with E-state index in [4.69, 9.17) is 19.9 Å². The van der Waals surface area contributed by atoms with E-state index in [1.54, 1.807) is 10.7 Å². The van der Waals surface area contributed by atoms with Gasteiger partial charge in [-0.05, 0) is 57.2 Å². The average Bonchev–Trinajstić information content (AvgIpc) is 3.57. The summed E-state index contributed by atoms with van der Waals surface area (Å²) in [5, 5.41) is 10.2. The van der Waals surface area contributed by atoms with Crippen molar-refractivity contribution in [3.05, 3.63) is 48.0 Å². The van der Waals surface area contributed by atoms with Crippen LogP contribution in [-0.4, -0.2) is 80.3 Å². The van der Waals surface area contributed by atoms with E-state index < -0.39 is 11.9 Å². The first kappa shape index (κ1) is 30.1. The number of ether oxygens (including phenoxy) is 3. The first-order valence-corrected chi connectivity index (χ1v) is 14.7. The molecule has 2 aliphatic heterocycles. The molecule has 228 valence electrons. The van der Waals surface area contributed by atoms with Crippen LogP contribution in [0.3, 0.4) is 0 Å². The summed E-state index contributed by atoms with van der Waals surface area (Å²) in [6.07, 6.45) is 2.66. The minimum atomic E-state index is -0.739. The van der Waals surface area contributed by atoms with Gasteiger partial charge in [0.1, 0.15) is 30.7 Å². The Kier molecular flexibility index (Phi) is 8.44. The van der Waals surface area contributed by atoms with Crippen LogP contribution >= 0.6 is 0 Å². The summed E-state index contributed by atoms with van der Waals surface area (Å²) in [6.45, 7) is 16.6. The normalized spacial score (nSPS) is 23.5. The van der Waals surface area contributed by atoms with Crippen molar-refractivity contribution in [2.24, 2.45) is 0 Å². The van der Waals surface area contributed by atoms with Gasteiger partial charge in [0.15, 0.2) is 17.3 Å². The molecular formula is C30H44N8O4. The Hall–Kier alpha value is -3.32. The number of carbonyl (C=O) groups excluding carboxylic acids is 1. The second-order valence-corrected chi connectivity index (χ2v) is 12.9. The molecule has 42 heavy (non-hydrogen) atoms. The first-order valence-electron chi connectivity index (χ1n) is 14.7. The highest BCUT2D eigenvalue weighted by atomic mass is 16.8. The molecule has 2 saturated heterocycles. The lowest BCUT2D eigenvalue weighted by atomic mass is 9.87. The van der Waals surface area contributed by atoms with Crippen molar-refractivity contribution in [3.63, 3.8) is 0 Å². The second-order valence-electron chi connectivity index (χ2n) is 12.9. The molecule has 0 spiro atoms. The third-order valence-electron chi connectivity index (χ3n) is 7.86. The van der Waals surface area contributed by atoms with E-state index in [0.717, 1.165) is 24.3 Å². The number of urea groups is 1. The summed E-state index contributed by atoms with van der Waals surface area (Å²) in [5.74, 6) is -0.435. The highest BCUT2D eigenvalue weighted by Gasteiger charge is 2.56. The summed E-state index contributed by atoms with van der Waals surface area (Å²) < 4.78 is 20.9. The highest BCUT2D eigenvalue weighted by molar-refractivity contribution is 5.89. The third-order valence-corrected chi connectivity index (χ3v) is 7.86. The Morgan fingerprint density at radius 2 is 1.86 bits per heavy atom. The molecule has 3 aromatic rings. The Morgan fingerprint density at radius 3 is 2.55 bits per heavy atom. The van der Waals surface area contributed by atoms with E-state index >= 15 is 0 Å². The van der Waals surface area contributed by atoms with Crippen LogP contribution in [0.25, 0.3) is 5.65 Å². The number of anilines is 2. The molecule has 0 radical (unpaired) electrons. The van der Waals surface area contributed by atoms with Gasteiger partial charge in [-0.15, -0.1) is 0 Å². The lowest BCUT2D eigenvalue weighted by molar-refractivity contribution is -0.190. The monoisotopic (exact) mass is 580 g/mol. The van der Waals surface area contributed by atoms with Crippen molar-refractivity contribution in [3.8, 4) is 0 Å². The number of aromatic nitrogens is 4. The molecule has 1 aromatic carbocycles. The van der Waals surface area contributed by atoms with Crippen molar-refractivity contribution >= 4 is 23.2 Å². The van der Waals surface area contributed by atoms with Gasteiger partial charge in [-0.25, -0.2) is 19.3 Å². The van der Waals surface area contributed by atoms with Crippen LogP contribution < -0.4 is 16.4 Å². The van der Waals surface area contributed by atoms with Gasteiger partial charge in [0.05, 0.1) is 11.9 Å². The minimum Gasteiger partial charge on any atom is -0.381 e. The molecule has 0 aliphatic carbocycles. The van der Waals surface area contributed by atoms with Gasteiger partial charge in [-0.2, -0.15) is 5.10 Å². The van der Waals surface area contributed by atoms with Gasteiger partial charge < -0.3 is 30.6 Å². The zero-order valence-electron chi connectivity index (χ0n) is 25.6. The fraction of sp³-hybridized carbons (Fsp3) is 0.600. The Morgan fingerprint density at radius 1 is 1.14 bits per heavy atom. The number of imidazole rings is 1. The van der Waals surface area contributed by atoms with Crippen molar-refractivity contribution in [1.82, 2.24) is 29.8 Å². The summed E-state index contributed by atoms with van der Waals surface area (Å²) >= 11 is 0. The van der Waals surface area contributed by atoms with Gasteiger partial charge in [-0.1, -0.05) is 32.9 Å². The molecule has 2 amide bonds. The van der Waals surface area contributed by atoms with Crippen molar-refractivity contribution in [2.45, 2.75) is 96.5 Å². The molecule has 2 aromatic heterocycles. The number of carbonyl (C=O) groups is 1. The second kappa shape index (κ2) is 11.8. The number of rotatable bonds is 9. The first-order chi connectivity index (χ1) is 19.8. The summed E-state index contributed by atoms with van der Waals surface area (Å²) in [5.41, 5.74) is 9.31. The maximum Gasteiger partial charge on any atom is 0.319 e. The van der Waals surface area contributed by atoms with Gasteiger partial charge in [-0.3, -0.25) is 4.90 Å². The fourth-order valence-corrected chi connectivity index (χ4v) is 5.62. The lowest BCUT2D eigenvalue weighted by Crippen LogP contribution is -2.44. The van der Waals surface area contributed by atoms with Crippen LogP contribution in [0.1, 0.15) is 72.2 Å². The maximum atomic E-state index is 12.5. The summed E-state index contributed by atoms with van der Waals surface area (Å²) in [7, 11) is 0. The van der Waals surface area contributed by atoms with E-state index in [1.165, 1.54) is 11.9 Å². The number of fused-ring (bicyclic) bond motifs is 2. The van der Waals surface area contributed by atoms with E-state index in [2.05, 4.69) is 77.4 Å². The van der Waals surface area contributed by atoms with Crippen LogP contribution in [0.2, 0.25) is 0 Å². The summed E-state index contributed by atoms with van der Waals surface area (Å²) in [6, 6.07) is 8.03. The molecule has 5 rings (SSSR count). The number of benzene rings is 1. The molecule has 12 heteroatoms. The predicted octanol–water partition coefficient (Wildman–Crippen LogP) is 3.89. The van der Waals surface area contributed by atoms with Crippen molar-refractivity contribution in [1.29, 1.82) is 0 Å². The molecule has 0 bridgehead atoms. The SMILES string of the molecule is CC(C)N(CCCNC(=O)Nc1ccc(C(C)(C)C)cc1)CC1OC(c2cnc3c(N)ncnn23)C2OC(C)(C)OC12. The molecule has 0 saturated carbocycles. The van der Waals surface area contributed by atoms with E-state index in [-0.39, 0.29) is 35.8 Å². The number of nitrogens with one attached hydrogen (secondary N) is 2. The molecular weight excluding hydrogens is 536 g/mol. The minimum absolute atomic E-state index is 0.0685. The summed E-state index contributed by atoms with van der Waals surface area (Å²) in [4.78, 5) is 23.3. The quantitative estimate of drug-likeness (QED) is 0.322.